The van der Waals surface area contributed by atoms with Crippen LogP contribution in [0.15, 0.2) is 231 Å². The van der Waals surface area contributed by atoms with Gasteiger partial charge in [-0.3, -0.25) is 9.97 Å². The first kappa shape index (κ1) is 36.3. The number of aromatic nitrogens is 4. The Morgan fingerprint density at radius 3 is 0.833 bits per heavy atom. The van der Waals surface area contributed by atoms with Crippen molar-refractivity contribution < 1.29 is 0 Å². The molecule has 0 amide bonds. The SMILES string of the molecule is c1ccc(-c2cnc(-c3cccc(-c4ccccc4)c3-c3c(-c4ccccc4)cccc3-c3ncc(-c4ccccc4)nc3-c3ccccc3)c(-c3ccccc3)n2)cc1. The summed E-state index contributed by atoms with van der Waals surface area (Å²) in [6, 6.07) is 75.6. The van der Waals surface area contributed by atoms with Gasteiger partial charge < -0.3 is 0 Å². The van der Waals surface area contributed by atoms with Crippen molar-refractivity contribution in [2.45, 2.75) is 0 Å². The topological polar surface area (TPSA) is 51.6 Å². The molecule has 0 fully saturated rings. The van der Waals surface area contributed by atoms with Crippen LogP contribution in [0, 0.1) is 0 Å². The summed E-state index contributed by atoms with van der Waals surface area (Å²) in [4.78, 5) is 21.5. The van der Waals surface area contributed by atoms with Gasteiger partial charge in [-0.25, -0.2) is 9.97 Å². The third-order valence-electron chi connectivity index (χ3n) is 10.8. The molecule has 4 nitrogen and oxygen atoms in total. The van der Waals surface area contributed by atoms with E-state index in [1.807, 2.05) is 60.9 Å². The predicted molar refractivity (Wildman–Crippen MR) is 247 cm³/mol. The molecule has 0 N–H and O–H groups in total. The van der Waals surface area contributed by atoms with E-state index in [2.05, 4.69) is 170 Å². The fourth-order valence-electron chi connectivity index (χ4n) is 8.02. The maximum Gasteiger partial charge on any atom is 0.0972 e. The monoisotopic (exact) mass is 766 g/mol. The summed E-state index contributed by atoms with van der Waals surface area (Å²) < 4.78 is 0. The van der Waals surface area contributed by atoms with Crippen molar-refractivity contribution in [2.75, 3.05) is 0 Å². The van der Waals surface area contributed by atoms with Crippen molar-refractivity contribution in [1.29, 1.82) is 0 Å². The van der Waals surface area contributed by atoms with Crippen molar-refractivity contribution in [1.82, 2.24) is 19.9 Å². The molecule has 0 saturated carbocycles. The molecule has 0 bridgehead atoms. The lowest BCUT2D eigenvalue weighted by atomic mass is 9.81. The summed E-state index contributed by atoms with van der Waals surface area (Å²) in [7, 11) is 0. The normalized spacial score (nSPS) is 11.0. The summed E-state index contributed by atoms with van der Waals surface area (Å²) in [5.41, 5.74) is 17.1. The number of rotatable bonds is 9. The summed E-state index contributed by atoms with van der Waals surface area (Å²) >= 11 is 0. The minimum absolute atomic E-state index is 0.788. The van der Waals surface area contributed by atoms with Gasteiger partial charge >= 0.3 is 0 Å². The second kappa shape index (κ2) is 16.4. The highest BCUT2D eigenvalue weighted by Crippen LogP contribution is 2.50. The van der Waals surface area contributed by atoms with Crippen LogP contribution in [-0.2, 0) is 0 Å². The van der Waals surface area contributed by atoms with Crippen LogP contribution >= 0.6 is 0 Å². The van der Waals surface area contributed by atoms with Crippen LogP contribution in [0.2, 0.25) is 0 Å². The van der Waals surface area contributed by atoms with Gasteiger partial charge in [0.05, 0.1) is 46.6 Å². The molecule has 0 spiro atoms. The average Bonchev–Trinajstić information content (AvgIpc) is 3.35. The van der Waals surface area contributed by atoms with E-state index in [4.69, 9.17) is 19.9 Å². The summed E-state index contributed by atoms with van der Waals surface area (Å²) in [6.45, 7) is 0. The van der Waals surface area contributed by atoms with E-state index < -0.39 is 0 Å². The minimum Gasteiger partial charge on any atom is -0.252 e. The van der Waals surface area contributed by atoms with Crippen LogP contribution in [0.4, 0.5) is 0 Å². The molecule has 0 aliphatic carbocycles. The van der Waals surface area contributed by atoms with Gasteiger partial charge in [-0.05, 0) is 22.3 Å². The van der Waals surface area contributed by atoms with E-state index in [1.54, 1.807) is 0 Å². The van der Waals surface area contributed by atoms with Crippen molar-refractivity contribution in [3.8, 4) is 101 Å². The van der Waals surface area contributed by atoms with Gasteiger partial charge in [0.15, 0.2) is 0 Å². The van der Waals surface area contributed by atoms with Gasteiger partial charge in [-0.2, -0.15) is 0 Å². The number of hydrogen-bond donors (Lipinski definition) is 0. The molecule has 4 heteroatoms. The summed E-state index contributed by atoms with van der Waals surface area (Å²) in [6.07, 6.45) is 3.81. The Kier molecular flexibility index (Phi) is 9.92. The maximum absolute atomic E-state index is 5.40. The fraction of sp³-hybridized carbons (Fsp3) is 0. The van der Waals surface area contributed by atoms with E-state index in [-0.39, 0.29) is 0 Å². The highest BCUT2D eigenvalue weighted by atomic mass is 14.8. The highest BCUT2D eigenvalue weighted by Gasteiger charge is 2.26. The predicted octanol–water partition coefficient (Wildman–Crippen LogP) is 14.3. The third kappa shape index (κ3) is 7.08. The van der Waals surface area contributed by atoms with Gasteiger partial charge in [0.2, 0.25) is 0 Å². The van der Waals surface area contributed by atoms with Crippen molar-refractivity contribution in [3.63, 3.8) is 0 Å². The molecule has 2 heterocycles. The zero-order valence-corrected chi connectivity index (χ0v) is 32.7. The Labute approximate surface area is 350 Å². The largest absolute Gasteiger partial charge is 0.252 e. The van der Waals surface area contributed by atoms with Crippen LogP contribution in [0.25, 0.3) is 101 Å². The molecule has 0 radical (unpaired) electrons. The highest BCUT2D eigenvalue weighted by molar-refractivity contribution is 6.06. The number of hydrogen-bond acceptors (Lipinski definition) is 4. The number of nitrogens with zero attached hydrogens (tertiary/aromatic N) is 4. The van der Waals surface area contributed by atoms with E-state index in [0.29, 0.717) is 0 Å². The molecule has 0 saturated heterocycles. The molecular weight excluding hydrogens is 729 g/mol. The zero-order valence-electron chi connectivity index (χ0n) is 32.7. The lowest BCUT2D eigenvalue weighted by molar-refractivity contribution is 1.21. The molecule has 10 aromatic rings. The molecule has 0 unspecified atom stereocenters. The van der Waals surface area contributed by atoms with Gasteiger partial charge in [0.25, 0.3) is 0 Å². The molecular formula is C56H38N4. The minimum atomic E-state index is 0.788. The molecule has 60 heavy (non-hydrogen) atoms. The maximum atomic E-state index is 5.40. The van der Waals surface area contributed by atoms with Crippen molar-refractivity contribution in [2.24, 2.45) is 0 Å². The van der Waals surface area contributed by atoms with Crippen LogP contribution in [0.5, 0.6) is 0 Å². The quantitative estimate of drug-likeness (QED) is 0.147. The van der Waals surface area contributed by atoms with E-state index in [0.717, 1.165) is 101 Å². The first-order chi connectivity index (χ1) is 29.8. The molecule has 282 valence electrons. The zero-order chi connectivity index (χ0) is 40.1. The molecule has 10 rings (SSSR count). The fourth-order valence-corrected chi connectivity index (χ4v) is 8.02. The molecule has 8 aromatic carbocycles. The van der Waals surface area contributed by atoms with Crippen molar-refractivity contribution >= 4 is 0 Å². The molecule has 0 aliphatic rings. The lowest BCUT2D eigenvalue weighted by Crippen LogP contribution is -2.02. The van der Waals surface area contributed by atoms with Crippen LogP contribution in [0.1, 0.15) is 0 Å². The van der Waals surface area contributed by atoms with Crippen LogP contribution < -0.4 is 0 Å². The molecule has 2 aromatic heterocycles. The first-order valence-electron chi connectivity index (χ1n) is 20.1. The Bertz CT molecular complexity index is 2830. The Morgan fingerprint density at radius 1 is 0.217 bits per heavy atom. The van der Waals surface area contributed by atoms with Gasteiger partial charge in [-0.15, -0.1) is 0 Å². The van der Waals surface area contributed by atoms with Gasteiger partial charge in [-0.1, -0.05) is 218 Å². The van der Waals surface area contributed by atoms with Gasteiger partial charge in [0.1, 0.15) is 0 Å². The van der Waals surface area contributed by atoms with E-state index in [1.165, 1.54) is 0 Å². The first-order valence-corrected chi connectivity index (χ1v) is 20.1. The van der Waals surface area contributed by atoms with Gasteiger partial charge in [0, 0.05) is 44.5 Å². The third-order valence-corrected chi connectivity index (χ3v) is 10.8. The summed E-state index contributed by atoms with van der Waals surface area (Å²) in [5, 5.41) is 0. The van der Waals surface area contributed by atoms with Crippen LogP contribution in [0.3, 0.4) is 0 Å². The number of benzene rings is 8. The second-order valence-corrected chi connectivity index (χ2v) is 14.6. The summed E-state index contributed by atoms with van der Waals surface area (Å²) in [5.74, 6) is 0. The Balaban J connectivity index is 1.32. The molecule has 0 atom stereocenters. The van der Waals surface area contributed by atoms with E-state index >= 15 is 0 Å². The second-order valence-electron chi connectivity index (χ2n) is 14.6. The van der Waals surface area contributed by atoms with Crippen LogP contribution in [-0.4, -0.2) is 19.9 Å². The lowest BCUT2D eigenvalue weighted by Gasteiger charge is -2.23. The van der Waals surface area contributed by atoms with E-state index in [9.17, 15) is 0 Å². The average molecular weight is 767 g/mol. The Hall–Kier alpha value is -8.08. The smallest absolute Gasteiger partial charge is 0.0972 e. The Morgan fingerprint density at radius 2 is 0.500 bits per heavy atom. The molecule has 0 aliphatic heterocycles. The standard InChI is InChI=1S/C56H38N4/c1-7-21-39(22-8-1)45-33-19-35-47(55-53(43-29-15-5-16-30-43)59-49(37-57-55)41-25-11-3-12-26-41)51(45)52-46(40-23-9-2-10-24-40)34-20-36-48(52)56-54(44-31-17-6-18-32-44)60-50(38-58-56)42-27-13-4-14-28-42/h1-38H. The van der Waals surface area contributed by atoms with Crippen molar-refractivity contribution in [3.05, 3.63) is 231 Å².